The van der Waals surface area contributed by atoms with Gasteiger partial charge in [0.2, 0.25) is 15.8 Å². The van der Waals surface area contributed by atoms with Crippen molar-refractivity contribution >= 4 is 50.5 Å². The molecule has 1 saturated heterocycles. The first-order valence-electron chi connectivity index (χ1n) is 10.6. The predicted molar refractivity (Wildman–Crippen MR) is 129 cm³/mol. The Bertz CT molecular complexity index is 1280. The lowest BCUT2D eigenvalue weighted by molar-refractivity contribution is 0.0693. The molecule has 0 bridgehead atoms. The fourth-order valence-corrected chi connectivity index (χ4v) is 5.65. The van der Waals surface area contributed by atoms with Crippen LogP contribution in [0.15, 0.2) is 22.3 Å². The van der Waals surface area contributed by atoms with Crippen molar-refractivity contribution in [1.29, 1.82) is 0 Å². The zero-order chi connectivity index (χ0) is 23.9. The number of imidazole rings is 1. The number of fused-ring (bicyclic) bond motifs is 1. The van der Waals surface area contributed by atoms with E-state index in [1.807, 2.05) is 18.4 Å². The molecule has 1 N–H and O–H groups in total. The highest BCUT2D eigenvalue weighted by Gasteiger charge is 2.29. The minimum absolute atomic E-state index is 0.251. The van der Waals surface area contributed by atoms with Gasteiger partial charge >= 0.3 is 0 Å². The lowest BCUT2D eigenvalue weighted by atomic mass is 9.96. The number of carbonyl (C=O) groups excluding carboxylic acids is 1. The second kappa shape index (κ2) is 9.34. The summed E-state index contributed by atoms with van der Waals surface area (Å²) in [7, 11) is -1.41. The van der Waals surface area contributed by atoms with Crippen LogP contribution < -0.4 is 5.32 Å². The highest BCUT2D eigenvalue weighted by molar-refractivity contribution is 7.88. The fourth-order valence-electron chi connectivity index (χ4n) is 4.24. The summed E-state index contributed by atoms with van der Waals surface area (Å²) in [5.74, 6) is 0.164. The standard InChI is InChI=1S/C21H26Cl2N6O3S/c1-13-16(11-24-2)19(15-5-4-14(22)10-17(15)23)29-12-18(26-21(29)25-13)20(30)27-6-8-28(9-7-27)33(3,31)32/h10,12,24H,4-9,11H2,1-3H3. The molecule has 2 aliphatic rings. The maximum absolute atomic E-state index is 13.2. The number of halogens is 2. The smallest absolute Gasteiger partial charge is 0.274 e. The van der Waals surface area contributed by atoms with E-state index in [0.29, 0.717) is 48.3 Å². The summed E-state index contributed by atoms with van der Waals surface area (Å²) in [6.45, 7) is 3.64. The summed E-state index contributed by atoms with van der Waals surface area (Å²) in [6, 6.07) is 0. The first-order valence-corrected chi connectivity index (χ1v) is 13.2. The third-order valence-electron chi connectivity index (χ3n) is 5.96. The van der Waals surface area contributed by atoms with Crippen LogP contribution in [-0.2, 0) is 16.6 Å². The van der Waals surface area contributed by atoms with Crippen molar-refractivity contribution in [3.05, 3.63) is 45.0 Å². The molecule has 0 saturated carbocycles. The van der Waals surface area contributed by atoms with Crippen molar-refractivity contribution < 1.29 is 13.2 Å². The molecule has 3 heterocycles. The third-order valence-corrected chi connectivity index (χ3v) is 7.90. The minimum Gasteiger partial charge on any atom is -0.335 e. The van der Waals surface area contributed by atoms with E-state index in [1.165, 1.54) is 10.6 Å². The van der Waals surface area contributed by atoms with Gasteiger partial charge in [0.15, 0.2) is 0 Å². The van der Waals surface area contributed by atoms with Crippen molar-refractivity contribution in [2.24, 2.45) is 0 Å². The molecular formula is C21H26Cl2N6O3S. The van der Waals surface area contributed by atoms with E-state index in [4.69, 9.17) is 23.2 Å². The number of carbonyl (C=O) groups is 1. The summed E-state index contributed by atoms with van der Waals surface area (Å²) in [6.07, 6.45) is 5.98. The summed E-state index contributed by atoms with van der Waals surface area (Å²) >= 11 is 12.8. The number of sulfonamides is 1. The molecule has 0 atom stereocenters. The summed E-state index contributed by atoms with van der Waals surface area (Å²) in [4.78, 5) is 24.0. The van der Waals surface area contributed by atoms with Crippen molar-refractivity contribution in [1.82, 2.24) is 28.9 Å². The van der Waals surface area contributed by atoms with Gasteiger partial charge in [-0.3, -0.25) is 9.20 Å². The number of hydrogen-bond acceptors (Lipinski definition) is 6. The van der Waals surface area contributed by atoms with Gasteiger partial charge in [0.1, 0.15) is 5.69 Å². The number of aromatic nitrogens is 3. The quantitative estimate of drug-likeness (QED) is 0.659. The minimum atomic E-state index is -3.27. The molecule has 2 aromatic rings. The Morgan fingerprint density at radius 3 is 2.45 bits per heavy atom. The summed E-state index contributed by atoms with van der Waals surface area (Å²) in [5, 5.41) is 4.45. The van der Waals surface area contributed by atoms with E-state index < -0.39 is 10.0 Å². The van der Waals surface area contributed by atoms with Gasteiger partial charge in [0.25, 0.3) is 5.91 Å². The Labute approximate surface area is 203 Å². The van der Waals surface area contributed by atoms with E-state index in [2.05, 4.69) is 15.3 Å². The first kappa shape index (κ1) is 24.2. The Kier molecular flexibility index (Phi) is 6.84. The molecule has 178 valence electrons. The number of rotatable bonds is 5. The van der Waals surface area contributed by atoms with Crippen LogP contribution in [-0.4, -0.2) is 77.4 Å². The van der Waals surface area contributed by atoms with Crippen LogP contribution in [0.1, 0.15) is 40.3 Å². The lowest BCUT2D eigenvalue weighted by Crippen LogP contribution is -2.50. The molecule has 0 aromatic carbocycles. The first-order chi connectivity index (χ1) is 15.6. The monoisotopic (exact) mass is 512 g/mol. The molecule has 0 unspecified atom stereocenters. The Morgan fingerprint density at radius 1 is 1.15 bits per heavy atom. The predicted octanol–water partition coefficient (Wildman–Crippen LogP) is 2.34. The van der Waals surface area contributed by atoms with Gasteiger partial charge in [-0.1, -0.05) is 23.2 Å². The SMILES string of the molecule is CNCc1c(C)nc2nc(C(=O)N3CCN(S(C)(=O)=O)CC3)cn2c1C1=C(Cl)C=C(Cl)CC1. The molecule has 1 aliphatic heterocycles. The fraction of sp³-hybridized carbons (Fsp3) is 0.476. The van der Waals surface area contributed by atoms with Crippen molar-refractivity contribution in [3.8, 4) is 0 Å². The molecule has 1 aliphatic carbocycles. The van der Waals surface area contributed by atoms with E-state index in [0.717, 1.165) is 22.5 Å². The summed E-state index contributed by atoms with van der Waals surface area (Å²) in [5.41, 5.74) is 3.84. The lowest BCUT2D eigenvalue weighted by Gasteiger charge is -2.32. The molecule has 4 rings (SSSR count). The van der Waals surface area contributed by atoms with Gasteiger partial charge in [-0.05, 0) is 38.5 Å². The van der Waals surface area contributed by atoms with Gasteiger partial charge in [-0.25, -0.2) is 18.4 Å². The highest BCUT2D eigenvalue weighted by atomic mass is 35.5. The molecular weight excluding hydrogens is 487 g/mol. The van der Waals surface area contributed by atoms with Crippen molar-refractivity contribution in [3.63, 3.8) is 0 Å². The topological polar surface area (TPSA) is 99.9 Å². The number of nitrogens with zero attached hydrogens (tertiary/aromatic N) is 5. The Morgan fingerprint density at radius 2 is 1.85 bits per heavy atom. The van der Waals surface area contributed by atoms with Gasteiger partial charge in [-0.15, -0.1) is 0 Å². The van der Waals surface area contributed by atoms with E-state index in [9.17, 15) is 13.2 Å². The van der Waals surface area contributed by atoms with Crippen LogP contribution in [0.5, 0.6) is 0 Å². The molecule has 1 fully saturated rings. The number of allylic oxidation sites excluding steroid dienone is 4. The summed E-state index contributed by atoms with van der Waals surface area (Å²) < 4.78 is 26.7. The maximum atomic E-state index is 13.2. The largest absolute Gasteiger partial charge is 0.335 e. The zero-order valence-electron chi connectivity index (χ0n) is 18.7. The number of hydrogen-bond donors (Lipinski definition) is 1. The van der Waals surface area contributed by atoms with E-state index in [1.54, 1.807) is 17.2 Å². The Hall–Kier alpha value is -1.98. The number of amides is 1. The van der Waals surface area contributed by atoms with Crippen LogP contribution in [0.3, 0.4) is 0 Å². The van der Waals surface area contributed by atoms with Crippen LogP contribution >= 0.6 is 23.2 Å². The van der Waals surface area contributed by atoms with Gasteiger partial charge < -0.3 is 10.2 Å². The molecule has 12 heteroatoms. The number of piperazine rings is 1. The second-order valence-corrected chi connectivity index (χ2v) is 11.1. The maximum Gasteiger partial charge on any atom is 0.274 e. The average molecular weight is 513 g/mol. The van der Waals surface area contributed by atoms with Gasteiger partial charge in [0, 0.05) is 60.2 Å². The second-order valence-electron chi connectivity index (χ2n) is 8.22. The third kappa shape index (κ3) is 4.81. The zero-order valence-corrected chi connectivity index (χ0v) is 21.1. The van der Waals surface area contributed by atoms with Crippen molar-refractivity contribution in [2.75, 3.05) is 39.5 Å². The van der Waals surface area contributed by atoms with Gasteiger partial charge in [-0.2, -0.15) is 4.31 Å². The molecule has 0 radical (unpaired) electrons. The molecule has 1 amide bonds. The van der Waals surface area contributed by atoms with Crippen LogP contribution in [0.2, 0.25) is 0 Å². The Balaban J connectivity index is 1.75. The average Bonchev–Trinajstić information content (AvgIpc) is 3.17. The van der Waals surface area contributed by atoms with Crippen LogP contribution in [0, 0.1) is 6.92 Å². The molecule has 2 aromatic heterocycles. The van der Waals surface area contributed by atoms with Crippen LogP contribution in [0.25, 0.3) is 11.4 Å². The normalized spacial score (nSPS) is 18.2. The van der Waals surface area contributed by atoms with E-state index >= 15 is 0 Å². The van der Waals surface area contributed by atoms with Crippen molar-refractivity contribution in [2.45, 2.75) is 26.3 Å². The van der Waals surface area contributed by atoms with E-state index in [-0.39, 0.29) is 24.7 Å². The van der Waals surface area contributed by atoms with Crippen LogP contribution in [0.4, 0.5) is 0 Å². The number of nitrogens with one attached hydrogen (secondary N) is 1. The van der Waals surface area contributed by atoms with Gasteiger partial charge in [0.05, 0.1) is 11.9 Å². The highest BCUT2D eigenvalue weighted by Crippen LogP contribution is 2.37. The molecule has 0 spiro atoms. The molecule has 9 nitrogen and oxygen atoms in total. The number of aryl methyl sites for hydroxylation is 1. The molecule has 33 heavy (non-hydrogen) atoms.